The highest BCUT2D eigenvalue weighted by Crippen LogP contribution is 2.42. The smallest absolute Gasteiger partial charge is 0.0468 e. The van der Waals surface area contributed by atoms with Crippen LogP contribution in [0.5, 0.6) is 0 Å². The summed E-state index contributed by atoms with van der Waals surface area (Å²) in [7, 11) is 0. The van der Waals surface area contributed by atoms with Crippen LogP contribution in [0.3, 0.4) is 0 Å². The minimum Gasteiger partial charge on any atom is -0.310 e. The molecule has 0 atom stereocenters. The summed E-state index contributed by atoms with van der Waals surface area (Å²) in [5, 5.41) is 0. The Kier molecular flexibility index (Phi) is 8.85. The molecule has 1 heteroatoms. The summed E-state index contributed by atoms with van der Waals surface area (Å²) < 4.78 is 0. The molecule has 0 spiro atoms. The van der Waals surface area contributed by atoms with E-state index in [-0.39, 0.29) is 0 Å². The molecule has 0 aliphatic rings. The van der Waals surface area contributed by atoms with Crippen molar-refractivity contribution in [2.75, 3.05) is 4.90 Å². The molecular weight excluding hydrogens is 615 g/mol. The van der Waals surface area contributed by atoms with Gasteiger partial charge in [-0.3, -0.25) is 0 Å². The molecule has 0 aliphatic heterocycles. The van der Waals surface area contributed by atoms with E-state index in [0.717, 1.165) is 17.1 Å². The molecule has 8 aromatic carbocycles. The predicted molar refractivity (Wildman–Crippen MR) is 218 cm³/mol. The Morgan fingerprint density at radius 1 is 0.255 bits per heavy atom. The molecule has 0 heterocycles. The Labute approximate surface area is 301 Å². The number of rotatable bonds is 8. The van der Waals surface area contributed by atoms with E-state index in [9.17, 15) is 0 Å². The van der Waals surface area contributed by atoms with E-state index < -0.39 is 0 Å². The highest BCUT2D eigenvalue weighted by Gasteiger charge is 2.17. The standard InChI is InChI=1S/C50H39N/c1-36-13-17-39(18-14-36)42-25-29-46(30-26-42)51(47-31-27-43(28-32-47)40-19-15-37(2)16-20-40)48-33-34-49(50(35-48)44-11-7-4-8-12-44)45-23-21-41(22-24-45)38-9-5-3-6-10-38/h3-35H,1-2H3. The lowest BCUT2D eigenvalue weighted by Crippen LogP contribution is -2.10. The summed E-state index contributed by atoms with van der Waals surface area (Å²) in [6, 6.07) is 72.5. The molecular formula is C50H39N. The minimum atomic E-state index is 1.10. The zero-order valence-electron chi connectivity index (χ0n) is 29.0. The van der Waals surface area contributed by atoms with Gasteiger partial charge in [-0.1, -0.05) is 175 Å². The second kappa shape index (κ2) is 14.2. The lowest BCUT2D eigenvalue weighted by molar-refractivity contribution is 1.28. The van der Waals surface area contributed by atoms with Crippen LogP contribution in [-0.2, 0) is 0 Å². The van der Waals surface area contributed by atoms with Crippen molar-refractivity contribution in [3.8, 4) is 55.6 Å². The van der Waals surface area contributed by atoms with Crippen molar-refractivity contribution in [3.63, 3.8) is 0 Å². The molecule has 0 fully saturated rings. The molecule has 8 rings (SSSR count). The van der Waals surface area contributed by atoms with Crippen LogP contribution < -0.4 is 4.90 Å². The first-order valence-corrected chi connectivity index (χ1v) is 17.6. The van der Waals surface area contributed by atoms with E-state index in [1.807, 2.05) is 0 Å². The van der Waals surface area contributed by atoms with Crippen molar-refractivity contribution in [1.29, 1.82) is 0 Å². The van der Waals surface area contributed by atoms with Crippen LogP contribution in [0.15, 0.2) is 200 Å². The number of hydrogen-bond donors (Lipinski definition) is 0. The summed E-state index contributed by atoms with van der Waals surface area (Å²) in [6.07, 6.45) is 0. The van der Waals surface area contributed by atoms with E-state index in [1.54, 1.807) is 0 Å². The second-order valence-corrected chi connectivity index (χ2v) is 13.2. The second-order valence-electron chi connectivity index (χ2n) is 13.2. The van der Waals surface area contributed by atoms with Crippen LogP contribution in [0, 0.1) is 13.8 Å². The number of nitrogens with zero attached hydrogens (tertiary/aromatic N) is 1. The Balaban J connectivity index is 1.23. The maximum atomic E-state index is 2.37. The Morgan fingerprint density at radius 3 is 1.02 bits per heavy atom. The van der Waals surface area contributed by atoms with Crippen LogP contribution >= 0.6 is 0 Å². The van der Waals surface area contributed by atoms with Crippen molar-refractivity contribution in [2.45, 2.75) is 13.8 Å². The van der Waals surface area contributed by atoms with Crippen molar-refractivity contribution >= 4 is 17.1 Å². The maximum Gasteiger partial charge on any atom is 0.0468 e. The van der Waals surface area contributed by atoms with Crippen molar-refractivity contribution < 1.29 is 0 Å². The van der Waals surface area contributed by atoms with Crippen LogP contribution in [0.1, 0.15) is 11.1 Å². The van der Waals surface area contributed by atoms with Gasteiger partial charge in [0.05, 0.1) is 0 Å². The van der Waals surface area contributed by atoms with Gasteiger partial charge >= 0.3 is 0 Å². The zero-order valence-corrected chi connectivity index (χ0v) is 29.0. The summed E-state index contributed by atoms with van der Waals surface area (Å²) in [5.41, 5.74) is 17.9. The van der Waals surface area contributed by atoms with Gasteiger partial charge in [-0.25, -0.2) is 0 Å². The first-order valence-electron chi connectivity index (χ1n) is 17.6. The van der Waals surface area contributed by atoms with Crippen LogP contribution in [-0.4, -0.2) is 0 Å². The number of aryl methyl sites for hydroxylation is 2. The lowest BCUT2D eigenvalue weighted by Gasteiger charge is -2.27. The Hall–Kier alpha value is -6.44. The van der Waals surface area contributed by atoms with Gasteiger partial charge in [-0.15, -0.1) is 0 Å². The van der Waals surface area contributed by atoms with Gasteiger partial charge in [0.25, 0.3) is 0 Å². The molecule has 0 bridgehead atoms. The SMILES string of the molecule is Cc1ccc(-c2ccc(N(c3ccc(-c4ccc(C)cc4)cc3)c3ccc(-c4ccc(-c5ccccc5)cc4)c(-c4ccccc4)c3)cc2)cc1. The molecule has 1 nitrogen and oxygen atoms in total. The molecule has 0 N–H and O–H groups in total. The third-order valence-electron chi connectivity index (χ3n) is 9.67. The van der Waals surface area contributed by atoms with Gasteiger partial charge in [0, 0.05) is 17.1 Å². The largest absolute Gasteiger partial charge is 0.310 e. The fraction of sp³-hybridized carbons (Fsp3) is 0.0400. The molecule has 0 unspecified atom stereocenters. The first-order chi connectivity index (χ1) is 25.1. The highest BCUT2D eigenvalue weighted by atomic mass is 15.1. The van der Waals surface area contributed by atoms with Crippen LogP contribution in [0.25, 0.3) is 55.6 Å². The molecule has 0 radical (unpaired) electrons. The topological polar surface area (TPSA) is 3.24 Å². The lowest BCUT2D eigenvalue weighted by atomic mass is 9.92. The molecule has 0 saturated carbocycles. The quantitative estimate of drug-likeness (QED) is 0.158. The van der Waals surface area contributed by atoms with E-state index in [1.165, 1.54) is 66.8 Å². The summed E-state index contributed by atoms with van der Waals surface area (Å²) in [5.74, 6) is 0. The number of benzene rings is 8. The van der Waals surface area contributed by atoms with Gasteiger partial charge in [-0.2, -0.15) is 0 Å². The van der Waals surface area contributed by atoms with Crippen LogP contribution in [0.4, 0.5) is 17.1 Å². The van der Waals surface area contributed by atoms with Gasteiger partial charge in [0.1, 0.15) is 0 Å². The molecule has 0 saturated heterocycles. The van der Waals surface area contributed by atoms with Gasteiger partial charge in [-0.05, 0) is 106 Å². The molecule has 8 aromatic rings. The number of hydrogen-bond acceptors (Lipinski definition) is 1. The summed E-state index contributed by atoms with van der Waals surface area (Å²) >= 11 is 0. The highest BCUT2D eigenvalue weighted by molar-refractivity contribution is 5.90. The summed E-state index contributed by atoms with van der Waals surface area (Å²) in [6.45, 7) is 4.26. The van der Waals surface area contributed by atoms with Gasteiger partial charge in [0.2, 0.25) is 0 Å². The monoisotopic (exact) mass is 653 g/mol. The first kappa shape index (κ1) is 31.8. The molecule has 0 aromatic heterocycles. The third-order valence-corrected chi connectivity index (χ3v) is 9.67. The van der Waals surface area contributed by atoms with Gasteiger partial charge < -0.3 is 4.90 Å². The fourth-order valence-electron chi connectivity index (χ4n) is 6.80. The van der Waals surface area contributed by atoms with E-state index in [4.69, 9.17) is 0 Å². The Morgan fingerprint density at radius 2 is 0.569 bits per heavy atom. The van der Waals surface area contributed by atoms with E-state index in [2.05, 4.69) is 219 Å². The van der Waals surface area contributed by atoms with E-state index >= 15 is 0 Å². The molecule has 51 heavy (non-hydrogen) atoms. The van der Waals surface area contributed by atoms with Gasteiger partial charge in [0.15, 0.2) is 0 Å². The van der Waals surface area contributed by atoms with Crippen LogP contribution in [0.2, 0.25) is 0 Å². The molecule has 244 valence electrons. The molecule has 0 amide bonds. The van der Waals surface area contributed by atoms with Crippen molar-refractivity contribution in [3.05, 3.63) is 211 Å². The van der Waals surface area contributed by atoms with E-state index in [0.29, 0.717) is 0 Å². The number of anilines is 3. The average Bonchev–Trinajstić information content (AvgIpc) is 3.20. The Bertz CT molecular complexity index is 2270. The maximum absolute atomic E-state index is 2.37. The average molecular weight is 654 g/mol. The predicted octanol–water partition coefficient (Wildman–Crippen LogP) is 14.1. The normalized spacial score (nSPS) is 10.9. The summed E-state index contributed by atoms with van der Waals surface area (Å²) in [4.78, 5) is 2.37. The van der Waals surface area contributed by atoms with Crippen molar-refractivity contribution in [2.24, 2.45) is 0 Å². The van der Waals surface area contributed by atoms with Crippen molar-refractivity contribution in [1.82, 2.24) is 0 Å². The zero-order chi connectivity index (χ0) is 34.6. The minimum absolute atomic E-state index is 1.10. The molecule has 0 aliphatic carbocycles. The third kappa shape index (κ3) is 6.88. The fourth-order valence-corrected chi connectivity index (χ4v) is 6.80.